The molecule has 0 aliphatic heterocycles. The zero-order valence-electron chi connectivity index (χ0n) is 14.3. The number of nitrogens with two attached hydrogens (primary N) is 1. The van der Waals surface area contributed by atoms with E-state index in [2.05, 4.69) is 19.1 Å². The molecule has 22 heavy (non-hydrogen) atoms. The molecule has 3 heteroatoms. The molecule has 0 aromatic heterocycles. The first-order valence-corrected chi connectivity index (χ1v) is 8.69. The van der Waals surface area contributed by atoms with Crippen LogP contribution in [-0.2, 0) is 6.42 Å². The van der Waals surface area contributed by atoms with E-state index in [0.29, 0.717) is 0 Å². The minimum atomic E-state index is -0.505. The Hall–Kier alpha value is -1.06. The Labute approximate surface area is 135 Å². The third kappa shape index (κ3) is 8.40. The SMILES string of the molecule is CCCCCCCCOc1cccc(CCC(C)(N)CO)c1. The number of aryl methyl sites for hydroxylation is 1. The molecule has 0 heterocycles. The Bertz CT molecular complexity index is 404. The van der Waals surface area contributed by atoms with E-state index in [0.717, 1.165) is 31.6 Å². The molecule has 1 atom stereocenters. The van der Waals surface area contributed by atoms with Crippen molar-refractivity contribution in [1.29, 1.82) is 0 Å². The molecule has 0 amide bonds. The molecule has 0 spiro atoms. The second-order valence-electron chi connectivity index (χ2n) is 6.58. The Morgan fingerprint density at radius 1 is 1.14 bits per heavy atom. The van der Waals surface area contributed by atoms with Crippen LogP contribution in [0.15, 0.2) is 24.3 Å². The molecule has 0 aliphatic rings. The molecule has 1 aromatic carbocycles. The highest BCUT2D eigenvalue weighted by Gasteiger charge is 2.16. The van der Waals surface area contributed by atoms with Gasteiger partial charge >= 0.3 is 0 Å². The summed E-state index contributed by atoms with van der Waals surface area (Å²) < 4.78 is 5.83. The van der Waals surface area contributed by atoms with Gasteiger partial charge in [-0.25, -0.2) is 0 Å². The summed E-state index contributed by atoms with van der Waals surface area (Å²) in [6, 6.07) is 8.21. The molecule has 1 rings (SSSR count). The van der Waals surface area contributed by atoms with E-state index < -0.39 is 5.54 Å². The molecule has 0 bridgehead atoms. The maximum Gasteiger partial charge on any atom is 0.119 e. The maximum atomic E-state index is 9.20. The molecular weight excluding hydrogens is 274 g/mol. The van der Waals surface area contributed by atoms with Gasteiger partial charge in [0.15, 0.2) is 0 Å². The third-order valence-corrected chi connectivity index (χ3v) is 4.01. The first kappa shape index (κ1) is 19.0. The summed E-state index contributed by atoms with van der Waals surface area (Å²) in [6.07, 6.45) is 9.30. The fraction of sp³-hybridized carbons (Fsp3) is 0.684. The van der Waals surface area contributed by atoms with Gasteiger partial charge in [-0.2, -0.15) is 0 Å². The molecule has 1 aromatic rings. The lowest BCUT2D eigenvalue weighted by molar-refractivity contribution is 0.200. The average Bonchev–Trinajstić information content (AvgIpc) is 2.53. The molecule has 0 aliphatic carbocycles. The van der Waals surface area contributed by atoms with Crippen molar-refractivity contribution in [3.8, 4) is 5.75 Å². The van der Waals surface area contributed by atoms with E-state index in [1.165, 1.54) is 37.7 Å². The van der Waals surface area contributed by atoms with Crippen molar-refractivity contribution in [2.75, 3.05) is 13.2 Å². The third-order valence-electron chi connectivity index (χ3n) is 4.01. The number of unbranched alkanes of at least 4 members (excludes halogenated alkanes) is 5. The van der Waals surface area contributed by atoms with E-state index in [1.54, 1.807) is 0 Å². The van der Waals surface area contributed by atoms with Gasteiger partial charge in [0, 0.05) is 5.54 Å². The van der Waals surface area contributed by atoms with Crippen molar-refractivity contribution in [3.63, 3.8) is 0 Å². The molecular formula is C19H33NO2. The van der Waals surface area contributed by atoms with E-state index in [4.69, 9.17) is 10.5 Å². The Morgan fingerprint density at radius 2 is 1.86 bits per heavy atom. The van der Waals surface area contributed by atoms with Crippen LogP contribution in [0.1, 0.15) is 64.4 Å². The second-order valence-corrected chi connectivity index (χ2v) is 6.58. The number of ether oxygens (including phenoxy) is 1. The fourth-order valence-electron chi connectivity index (χ4n) is 2.37. The highest BCUT2D eigenvalue weighted by atomic mass is 16.5. The number of benzene rings is 1. The normalized spacial score (nSPS) is 13.8. The Morgan fingerprint density at radius 3 is 2.59 bits per heavy atom. The lowest BCUT2D eigenvalue weighted by atomic mass is 9.95. The first-order chi connectivity index (χ1) is 10.6. The summed E-state index contributed by atoms with van der Waals surface area (Å²) in [6.45, 7) is 4.93. The first-order valence-electron chi connectivity index (χ1n) is 8.69. The lowest BCUT2D eigenvalue weighted by Gasteiger charge is -2.21. The predicted molar refractivity (Wildman–Crippen MR) is 93.3 cm³/mol. The van der Waals surface area contributed by atoms with Gasteiger partial charge in [0.25, 0.3) is 0 Å². The van der Waals surface area contributed by atoms with Crippen LogP contribution in [0.25, 0.3) is 0 Å². The molecule has 0 fully saturated rings. The van der Waals surface area contributed by atoms with Crippen molar-refractivity contribution in [1.82, 2.24) is 0 Å². The molecule has 0 saturated carbocycles. The molecule has 3 nitrogen and oxygen atoms in total. The van der Waals surface area contributed by atoms with E-state index in [1.807, 2.05) is 19.1 Å². The quantitative estimate of drug-likeness (QED) is 0.572. The van der Waals surface area contributed by atoms with Gasteiger partial charge < -0.3 is 15.6 Å². The summed E-state index contributed by atoms with van der Waals surface area (Å²) in [7, 11) is 0. The summed E-state index contributed by atoms with van der Waals surface area (Å²) in [4.78, 5) is 0. The van der Waals surface area contributed by atoms with Gasteiger partial charge in [0.1, 0.15) is 5.75 Å². The zero-order valence-corrected chi connectivity index (χ0v) is 14.3. The minimum absolute atomic E-state index is 0.0151. The van der Waals surface area contributed by atoms with E-state index in [-0.39, 0.29) is 6.61 Å². The number of hydrogen-bond donors (Lipinski definition) is 2. The van der Waals surface area contributed by atoms with Crippen molar-refractivity contribution < 1.29 is 9.84 Å². The van der Waals surface area contributed by atoms with Gasteiger partial charge in [-0.1, -0.05) is 51.2 Å². The summed E-state index contributed by atoms with van der Waals surface area (Å²) >= 11 is 0. The van der Waals surface area contributed by atoms with E-state index in [9.17, 15) is 5.11 Å². The van der Waals surface area contributed by atoms with Gasteiger partial charge in [0.05, 0.1) is 13.2 Å². The van der Waals surface area contributed by atoms with Crippen molar-refractivity contribution in [2.24, 2.45) is 5.73 Å². The second kappa shape index (κ2) is 10.6. The molecule has 126 valence electrons. The van der Waals surface area contributed by atoms with Crippen LogP contribution in [0.3, 0.4) is 0 Å². The summed E-state index contributed by atoms with van der Waals surface area (Å²) in [5.74, 6) is 0.939. The highest BCUT2D eigenvalue weighted by Crippen LogP contribution is 2.17. The van der Waals surface area contributed by atoms with Crippen molar-refractivity contribution >= 4 is 0 Å². The monoisotopic (exact) mass is 307 g/mol. The van der Waals surface area contributed by atoms with Crippen LogP contribution < -0.4 is 10.5 Å². The number of aliphatic hydroxyl groups is 1. The van der Waals surface area contributed by atoms with Gasteiger partial charge in [0.2, 0.25) is 0 Å². The summed E-state index contributed by atoms with van der Waals surface area (Å²) in [5, 5.41) is 9.20. The minimum Gasteiger partial charge on any atom is -0.494 e. The topological polar surface area (TPSA) is 55.5 Å². The number of rotatable bonds is 12. The fourth-order valence-corrected chi connectivity index (χ4v) is 2.37. The van der Waals surface area contributed by atoms with Gasteiger partial charge in [-0.05, 0) is 43.9 Å². The molecule has 0 saturated heterocycles. The van der Waals surface area contributed by atoms with Crippen LogP contribution >= 0.6 is 0 Å². The Balaban J connectivity index is 2.26. The van der Waals surface area contributed by atoms with Gasteiger partial charge in [-0.15, -0.1) is 0 Å². The molecule has 3 N–H and O–H groups in total. The van der Waals surface area contributed by atoms with Crippen LogP contribution in [0.5, 0.6) is 5.75 Å². The highest BCUT2D eigenvalue weighted by molar-refractivity contribution is 5.28. The van der Waals surface area contributed by atoms with Crippen molar-refractivity contribution in [3.05, 3.63) is 29.8 Å². The van der Waals surface area contributed by atoms with E-state index >= 15 is 0 Å². The predicted octanol–water partition coefficient (Wildman–Crippen LogP) is 4.07. The summed E-state index contributed by atoms with van der Waals surface area (Å²) in [5.41, 5.74) is 6.68. The standard InChI is InChI=1S/C19H33NO2/c1-3-4-5-6-7-8-14-22-18-11-9-10-17(15-18)12-13-19(2,20)16-21/h9-11,15,21H,3-8,12-14,16,20H2,1-2H3. The van der Waals surface area contributed by atoms with Crippen molar-refractivity contribution in [2.45, 2.75) is 70.8 Å². The zero-order chi connectivity index (χ0) is 16.3. The maximum absolute atomic E-state index is 9.20. The largest absolute Gasteiger partial charge is 0.494 e. The van der Waals surface area contributed by atoms with Crippen LogP contribution in [0, 0.1) is 0 Å². The number of hydrogen-bond acceptors (Lipinski definition) is 3. The van der Waals surface area contributed by atoms with Crippen LogP contribution in [0.4, 0.5) is 0 Å². The van der Waals surface area contributed by atoms with Gasteiger partial charge in [-0.3, -0.25) is 0 Å². The average molecular weight is 307 g/mol. The molecule has 1 unspecified atom stereocenters. The number of aliphatic hydroxyl groups excluding tert-OH is 1. The lowest BCUT2D eigenvalue weighted by Crippen LogP contribution is -2.40. The smallest absolute Gasteiger partial charge is 0.119 e. The molecule has 0 radical (unpaired) electrons. The van der Waals surface area contributed by atoms with Crippen LogP contribution in [0.2, 0.25) is 0 Å². The van der Waals surface area contributed by atoms with Crippen LogP contribution in [-0.4, -0.2) is 23.9 Å². The Kier molecular flexibility index (Phi) is 9.17.